The maximum atomic E-state index is 13.7. The number of pyridine rings is 1. The van der Waals surface area contributed by atoms with Gasteiger partial charge in [0.2, 0.25) is 5.88 Å². The summed E-state index contributed by atoms with van der Waals surface area (Å²) in [4.78, 5) is 28.5. The number of halogens is 1. The van der Waals surface area contributed by atoms with Crippen LogP contribution in [-0.2, 0) is 6.67 Å². The second-order valence-electron chi connectivity index (χ2n) is 8.16. The molecule has 0 radical (unpaired) electrons. The lowest BCUT2D eigenvalue weighted by molar-refractivity contribution is 0.0314. The summed E-state index contributed by atoms with van der Waals surface area (Å²) in [5.74, 6) is 1.35. The van der Waals surface area contributed by atoms with Gasteiger partial charge in [-0.3, -0.25) is 4.79 Å². The van der Waals surface area contributed by atoms with Crippen LogP contribution in [0.4, 0.5) is 4.39 Å². The van der Waals surface area contributed by atoms with E-state index in [-0.39, 0.29) is 24.1 Å². The van der Waals surface area contributed by atoms with Crippen molar-refractivity contribution >= 4 is 5.91 Å². The van der Waals surface area contributed by atoms with Gasteiger partial charge in [-0.1, -0.05) is 18.2 Å². The van der Waals surface area contributed by atoms with E-state index < -0.39 is 6.67 Å². The molecular formula is C24H23FN4O2. The maximum Gasteiger partial charge on any atom is 0.255 e. The Hall–Kier alpha value is -3.35. The van der Waals surface area contributed by atoms with Crippen molar-refractivity contribution < 1.29 is 13.9 Å². The molecular weight excluding hydrogens is 395 g/mol. The van der Waals surface area contributed by atoms with Gasteiger partial charge in [-0.05, 0) is 43.9 Å². The van der Waals surface area contributed by atoms with E-state index in [2.05, 4.69) is 21.9 Å². The molecule has 1 saturated heterocycles. The normalized spacial score (nSPS) is 24.4. The first-order valence-corrected chi connectivity index (χ1v) is 10.5. The first-order valence-electron chi connectivity index (χ1n) is 10.5. The number of aromatic nitrogens is 3. The van der Waals surface area contributed by atoms with Gasteiger partial charge in [0.25, 0.3) is 5.91 Å². The van der Waals surface area contributed by atoms with Gasteiger partial charge in [-0.25, -0.2) is 19.3 Å². The largest absolute Gasteiger partial charge is 0.472 e. The molecule has 1 saturated carbocycles. The Morgan fingerprint density at radius 1 is 1.10 bits per heavy atom. The van der Waals surface area contributed by atoms with Gasteiger partial charge in [-0.2, -0.15) is 0 Å². The number of carbonyl (C=O) groups excluding carboxylic acids is 1. The highest BCUT2D eigenvalue weighted by atomic mass is 19.1. The molecule has 5 rings (SSSR count). The molecule has 3 aromatic rings. The van der Waals surface area contributed by atoms with Gasteiger partial charge in [0.05, 0.1) is 11.6 Å². The third-order valence-corrected chi connectivity index (χ3v) is 6.41. The van der Waals surface area contributed by atoms with E-state index in [1.807, 2.05) is 29.2 Å². The number of piperidine rings is 1. The Morgan fingerprint density at radius 3 is 2.61 bits per heavy atom. The molecule has 2 aromatic heterocycles. The van der Waals surface area contributed by atoms with Crippen molar-refractivity contribution in [2.24, 2.45) is 5.92 Å². The summed E-state index contributed by atoms with van der Waals surface area (Å²) in [6.07, 6.45) is 6.50. The molecule has 2 aliphatic rings. The minimum absolute atomic E-state index is 0.0279. The number of benzene rings is 1. The van der Waals surface area contributed by atoms with E-state index >= 15 is 0 Å². The summed E-state index contributed by atoms with van der Waals surface area (Å²) in [6.45, 7) is 1.56. The standard InChI is InChI=1S/C24H23FN4O2/c1-15-17-11-20(21(12-17)31-22-8-7-16(13-25)14-28-22)29(15)24(30)19-6-3-2-5-18(19)23-26-9-4-10-27-23/h2-10,14-15,17,20-21H,11-13H2,1H3/t15-,17-,20+,21-/m1/s1. The molecule has 4 atom stereocenters. The van der Waals surface area contributed by atoms with Crippen molar-refractivity contribution in [2.75, 3.05) is 0 Å². The number of amides is 1. The van der Waals surface area contributed by atoms with Crippen LogP contribution in [0.1, 0.15) is 35.7 Å². The van der Waals surface area contributed by atoms with Gasteiger partial charge in [0.15, 0.2) is 5.82 Å². The van der Waals surface area contributed by atoms with Crippen LogP contribution < -0.4 is 4.74 Å². The number of fused-ring (bicyclic) bond motifs is 2. The first kappa shape index (κ1) is 19.6. The van der Waals surface area contributed by atoms with Crippen molar-refractivity contribution in [2.45, 2.75) is 44.6 Å². The quantitative estimate of drug-likeness (QED) is 0.625. The van der Waals surface area contributed by atoms with Gasteiger partial charge >= 0.3 is 0 Å². The number of alkyl halides is 1. The zero-order valence-electron chi connectivity index (χ0n) is 17.2. The zero-order chi connectivity index (χ0) is 21.4. The smallest absolute Gasteiger partial charge is 0.255 e. The zero-order valence-corrected chi connectivity index (χ0v) is 17.2. The fourth-order valence-corrected chi connectivity index (χ4v) is 4.85. The lowest BCUT2D eigenvalue weighted by Gasteiger charge is -2.38. The molecule has 3 heterocycles. The number of hydrogen-bond acceptors (Lipinski definition) is 5. The minimum Gasteiger partial charge on any atom is -0.472 e. The monoisotopic (exact) mass is 418 g/mol. The third-order valence-electron chi connectivity index (χ3n) is 6.41. The second-order valence-corrected chi connectivity index (χ2v) is 8.16. The Labute approximate surface area is 180 Å². The molecule has 1 aliphatic heterocycles. The van der Waals surface area contributed by atoms with Crippen molar-refractivity contribution in [1.29, 1.82) is 0 Å². The van der Waals surface area contributed by atoms with E-state index in [9.17, 15) is 9.18 Å². The van der Waals surface area contributed by atoms with E-state index in [1.54, 1.807) is 30.6 Å². The molecule has 2 bridgehead atoms. The first-order chi connectivity index (χ1) is 15.2. The Kier molecular flexibility index (Phi) is 5.10. The number of nitrogens with zero attached hydrogens (tertiary/aromatic N) is 4. The fourth-order valence-electron chi connectivity index (χ4n) is 4.85. The maximum absolute atomic E-state index is 13.7. The van der Waals surface area contributed by atoms with Crippen LogP contribution in [0.3, 0.4) is 0 Å². The van der Waals surface area contributed by atoms with Crippen molar-refractivity contribution in [3.8, 4) is 17.3 Å². The highest BCUT2D eigenvalue weighted by molar-refractivity contribution is 6.00. The summed E-state index contributed by atoms with van der Waals surface area (Å²) in [7, 11) is 0. The summed E-state index contributed by atoms with van der Waals surface area (Å²) in [5, 5.41) is 0. The predicted octanol–water partition coefficient (Wildman–Crippen LogP) is 4.08. The number of likely N-dealkylation sites (tertiary alicyclic amines) is 1. The molecule has 7 heteroatoms. The molecule has 0 N–H and O–H groups in total. The molecule has 1 aliphatic carbocycles. The lowest BCUT2D eigenvalue weighted by Crippen LogP contribution is -2.51. The van der Waals surface area contributed by atoms with Crippen molar-refractivity contribution in [1.82, 2.24) is 19.9 Å². The highest BCUT2D eigenvalue weighted by Gasteiger charge is 2.52. The Balaban J connectivity index is 1.41. The van der Waals surface area contributed by atoms with Crippen LogP contribution in [0.15, 0.2) is 61.1 Å². The van der Waals surface area contributed by atoms with Crippen molar-refractivity contribution in [3.05, 3.63) is 72.2 Å². The molecule has 1 amide bonds. The summed E-state index contributed by atoms with van der Waals surface area (Å²) in [6, 6.07) is 12.7. The average Bonchev–Trinajstić information content (AvgIpc) is 3.37. The van der Waals surface area contributed by atoms with E-state index in [0.717, 1.165) is 18.4 Å². The van der Waals surface area contributed by atoms with E-state index in [1.165, 1.54) is 6.20 Å². The van der Waals surface area contributed by atoms with Crippen LogP contribution in [0.2, 0.25) is 0 Å². The number of carbonyl (C=O) groups is 1. The minimum atomic E-state index is -0.550. The van der Waals surface area contributed by atoms with Crippen LogP contribution in [0.5, 0.6) is 5.88 Å². The third kappa shape index (κ3) is 3.54. The molecule has 6 nitrogen and oxygen atoms in total. The van der Waals surface area contributed by atoms with Crippen LogP contribution in [0.25, 0.3) is 11.4 Å². The van der Waals surface area contributed by atoms with Gasteiger partial charge in [-0.15, -0.1) is 0 Å². The average molecular weight is 418 g/mol. The summed E-state index contributed by atoms with van der Waals surface area (Å²) >= 11 is 0. The number of rotatable bonds is 5. The number of ether oxygens (including phenoxy) is 1. The van der Waals surface area contributed by atoms with Crippen LogP contribution >= 0.6 is 0 Å². The highest BCUT2D eigenvalue weighted by Crippen LogP contribution is 2.45. The molecule has 0 spiro atoms. The van der Waals surface area contributed by atoms with Crippen LogP contribution in [0, 0.1) is 5.92 Å². The lowest BCUT2D eigenvalue weighted by atomic mass is 9.97. The molecule has 2 fully saturated rings. The Morgan fingerprint density at radius 2 is 1.90 bits per heavy atom. The molecule has 0 unspecified atom stereocenters. The SMILES string of the molecule is C[C@@H]1[C@H]2C[C@@H](Oc3ccc(CF)cn3)[C@H](C2)N1C(=O)c1ccccc1-c1ncccn1. The van der Waals surface area contributed by atoms with Crippen molar-refractivity contribution in [3.63, 3.8) is 0 Å². The predicted molar refractivity (Wildman–Crippen MR) is 113 cm³/mol. The van der Waals surface area contributed by atoms with Gasteiger partial charge in [0, 0.05) is 41.8 Å². The topological polar surface area (TPSA) is 68.2 Å². The van der Waals surface area contributed by atoms with Gasteiger partial charge in [0.1, 0.15) is 12.8 Å². The number of hydrogen-bond donors (Lipinski definition) is 0. The summed E-state index contributed by atoms with van der Waals surface area (Å²) < 4.78 is 18.9. The second kappa shape index (κ2) is 8.06. The Bertz CT molecular complexity index is 1080. The fraction of sp³-hybridized carbons (Fsp3) is 0.333. The van der Waals surface area contributed by atoms with Gasteiger partial charge < -0.3 is 9.64 Å². The van der Waals surface area contributed by atoms with E-state index in [4.69, 9.17) is 4.74 Å². The summed E-state index contributed by atoms with van der Waals surface area (Å²) in [5.41, 5.74) is 1.84. The molecule has 31 heavy (non-hydrogen) atoms. The molecule has 1 aromatic carbocycles. The molecule has 158 valence electrons. The van der Waals surface area contributed by atoms with Crippen LogP contribution in [-0.4, -0.2) is 43.9 Å². The van der Waals surface area contributed by atoms with E-state index in [0.29, 0.717) is 28.7 Å².